The number of benzene rings is 2. The van der Waals surface area contributed by atoms with E-state index in [9.17, 15) is 0 Å². The number of oxazole rings is 1. The highest BCUT2D eigenvalue weighted by Gasteiger charge is 2.16. The van der Waals surface area contributed by atoms with Crippen LogP contribution in [0, 0.1) is 13.8 Å². The van der Waals surface area contributed by atoms with Crippen LogP contribution in [0.3, 0.4) is 0 Å². The smallest absolute Gasteiger partial charge is 0.227 e. The van der Waals surface area contributed by atoms with Crippen LogP contribution in [-0.2, 0) is 5.41 Å². The Labute approximate surface area is 125 Å². The highest BCUT2D eigenvalue weighted by atomic mass is 16.3. The summed E-state index contributed by atoms with van der Waals surface area (Å²) in [6.45, 7) is 10.8. The molecule has 2 heteroatoms. The Bertz CT molecular complexity index is 806. The Morgan fingerprint density at radius 3 is 2.33 bits per heavy atom. The Kier molecular flexibility index (Phi) is 3.12. The van der Waals surface area contributed by atoms with E-state index in [4.69, 9.17) is 4.42 Å². The number of hydrogen-bond donors (Lipinski definition) is 0. The third-order valence-electron chi connectivity index (χ3n) is 4.01. The Morgan fingerprint density at radius 2 is 1.67 bits per heavy atom. The van der Waals surface area contributed by atoms with Crippen molar-refractivity contribution in [2.24, 2.45) is 0 Å². The number of aryl methyl sites for hydroxylation is 2. The second-order valence-electron chi connectivity index (χ2n) is 6.75. The van der Waals surface area contributed by atoms with E-state index >= 15 is 0 Å². The zero-order chi connectivity index (χ0) is 15.2. The number of rotatable bonds is 1. The van der Waals surface area contributed by atoms with Gasteiger partial charge in [0.25, 0.3) is 0 Å². The van der Waals surface area contributed by atoms with Crippen molar-refractivity contribution >= 4 is 11.1 Å². The summed E-state index contributed by atoms with van der Waals surface area (Å²) >= 11 is 0. The fourth-order valence-electron chi connectivity index (χ4n) is 2.39. The number of nitrogens with zero attached hydrogens (tertiary/aromatic N) is 1. The van der Waals surface area contributed by atoms with E-state index in [0.29, 0.717) is 5.89 Å². The molecule has 0 unspecified atom stereocenters. The molecule has 1 aromatic heterocycles. The van der Waals surface area contributed by atoms with Gasteiger partial charge in [0.2, 0.25) is 5.89 Å². The average Bonchev–Trinajstić information content (AvgIpc) is 2.83. The molecule has 0 aliphatic rings. The standard InChI is InChI=1S/C19H21NO/c1-12-6-7-14(10-13(12)2)18-20-16-11-15(19(3,4)5)8-9-17(16)21-18/h6-11H,1-5H3. The van der Waals surface area contributed by atoms with Gasteiger partial charge >= 0.3 is 0 Å². The van der Waals surface area contributed by atoms with Crippen LogP contribution in [0.15, 0.2) is 40.8 Å². The molecule has 1 heterocycles. The van der Waals surface area contributed by atoms with Crippen LogP contribution in [-0.4, -0.2) is 4.98 Å². The van der Waals surface area contributed by atoms with Gasteiger partial charge in [-0.05, 0) is 60.2 Å². The van der Waals surface area contributed by atoms with Crippen LogP contribution in [0.4, 0.5) is 0 Å². The van der Waals surface area contributed by atoms with Crippen molar-refractivity contribution in [3.8, 4) is 11.5 Å². The van der Waals surface area contributed by atoms with Crippen LogP contribution in [0.25, 0.3) is 22.6 Å². The molecule has 0 saturated heterocycles. The van der Waals surface area contributed by atoms with E-state index < -0.39 is 0 Å². The third kappa shape index (κ3) is 2.58. The van der Waals surface area contributed by atoms with Crippen LogP contribution in [0.1, 0.15) is 37.5 Å². The van der Waals surface area contributed by atoms with Gasteiger partial charge in [-0.2, -0.15) is 0 Å². The molecular formula is C19H21NO. The van der Waals surface area contributed by atoms with Crippen molar-refractivity contribution < 1.29 is 4.42 Å². The SMILES string of the molecule is Cc1ccc(-c2nc3cc(C(C)(C)C)ccc3o2)cc1C. The fourth-order valence-corrected chi connectivity index (χ4v) is 2.39. The van der Waals surface area contributed by atoms with E-state index in [-0.39, 0.29) is 5.41 Å². The number of hydrogen-bond acceptors (Lipinski definition) is 2. The molecule has 0 aliphatic carbocycles. The summed E-state index contributed by atoms with van der Waals surface area (Å²) in [5.41, 5.74) is 6.73. The minimum atomic E-state index is 0.119. The molecule has 0 N–H and O–H groups in total. The first-order valence-corrected chi connectivity index (χ1v) is 7.33. The van der Waals surface area contributed by atoms with Crippen LogP contribution >= 0.6 is 0 Å². The Balaban J connectivity index is 2.10. The fraction of sp³-hybridized carbons (Fsp3) is 0.316. The lowest BCUT2D eigenvalue weighted by Gasteiger charge is -2.18. The maximum absolute atomic E-state index is 5.91. The second-order valence-corrected chi connectivity index (χ2v) is 6.75. The van der Waals surface area contributed by atoms with Crippen LogP contribution in [0.5, 0.6) is 0 Å². The maximum atomic E-state index is 5.91. The van der Waals surface area contributed by atoms with E-state index in [1.54, 1.807) is 0 Å². The lowest BCUT2D eigenvalue weighted by Crippen LogP contribution is -2.10. The summed E-state index contributed by atoms with van der Waals surface area (Å²) in [4.78, 5) is 4.66. The molecule has 2 aromatic carbocycles. The van der Waals surface area contributed by atoms with Gasteiger partial charge in [-0.3, -0.25) is 0 Å². The summed E-state index contributed by atoms with van der Waals surface area (Å²) in [6, 6.07) is 12.6. The van der Waals surface area contributed by atoms with E-state index in [1.807, 2.05) is 6.07 Å². The predicted octanol–water partition coefficient (Wildman–Crippen LogP) is 5.41. The molecule has 3 aromatic rings. The molecule has 0 spiro atoms. The molecule has 0 atom stereocenters. The van der Waals surface area contributed by atoms with Gasteiger partial charge in [0.05, 0.1) is 0 Å². The highest BCUT2D eigenvalue weighted by Crippen LogP contribution is 2.29. The lowest BCUT2D eigenvalue weighted by molar-refractivity contribution is 0.590. The van der Waals surface area contributed by atoms with Gasteiger partial charge in [0, 0.05) is 5.56 Å². The molecule has 0 saturated carbocycles. The van der Waals surface area contributed by atoms with Gasteiger partial charge in [-0.1, -0.05) is 32.9 Å². The molecular weight excluding hydrogens is 258 g/mol. The summed E-state index contributed by atoms with van der Waals surface area (Å²) < 4.78 is 5.91. The van der Waals surface area contributed by atoms with Gasteiger partial charge in [-0.15, -0.1) is 0 Å². The third-order valence-corrected chi connectivity index (χ3v) is 4.01. The summed E-state index contributed by atoms with van der Waals surface area (Å²) in [5, 5.41) is 0. The minimum Gasteiger partial charge on any atom is -0.436 e. The second kappa shape index (κ2) is 4.73. The van der Waals surface area contributed by atoms with Crippen molar-refractivity contribution in [1.29, 1.82) is 0 Å². The van der Waals surface area contributed by atoms with Crippen LogP contribution in [0.2, 0.25) is 0 Å². The quantitative estimate of drug-likeness (QED) is 0.595. The first-order chi connectivity index (χ1) is 9.84. The van der Waals surface area contributed by atoms with E-state index in [0.717, 1.165) is 16.7 Å². The first-order valence-electron chi connectivity index (χ1n) is 7.33. The Morgan fingerprint density at radius 1 is 0.905 bits per heavy atom. The molecule has 21 heavy (non-hydrogen) atoms. The largest absolute Gasteiger partial charge is 0.436 e. The topological polar surface area (TPSA) is 26.0 Å². The van der Waals surface area contributed by atoms with Gasteiger partial charge in [-0.25, -0.2) is 4.98 Å². The zero-order valence-electron chi connectivity index (χ0n) is 13.3. The number of fused-ring (bicyclic) bond motifs is 1. The van der Waals surface area contributed by atoms with Crippen LogP contribution < -0.4 is 0 Å². The van der Waals surface area contributed by atoms with Crippen molar-refractivity contribution in [1.82, 2.24) is 4.98 Å². The first kappa shape index (κ1) is 13.9. The molecule has 108 valence electrons. The zero-order valence-corrected chi connectivity index (χ0v) is 13.3. The summed E-state index contributed by atoms with van der Waals surface area (Å²) in [7, 11) is 0. The molecule has 0 amide bonds. The minimum absolute atomic E-state index is 0.119. The molecule has 0 fully saturated rings. The lowest BCUT2D eigenvalue weighted by atomic mass is 9.87. The van der Waals surface area contributed by atoms with Gasteiger partial charge in [0.15, 0.2) is 5.58 Å². The molecule has 2 nitrogen and oxygen atoms in total. The number of aromatic nitrogens is 1. The Hall–Kier alpha value is -2.09. The monoisotopic (exact) mass is 279 g/mol. The summed E-state index contributed by atoms with van der Waals surface area (Å²) in [6.07, 6.45) is 0. The molecule has 0 aliphatic heterocycles. The van der Waals surface area contributed by atoms with Crippen molar-refractivity contribution in [2.75, 3.05) is 0 Å². The molecule has 0 bridgehead atoms. The van der Waals surface area contributed by atoms with E-state index in [2.05, 4.69) is 69.9 Å². The summed E-state index contributed by atoms with van der Waals surface area (Å²) in [5.74, 6) is 0.694. The molecule has 0 radical (unpaired) electrons. The van der Waals surface area contributed by atoms with Gasteiger partial charge in [0.1, 0.15) is 5.52 Å². The van der Waals surface area contributed by atoms with Gasteiger partial charge < -0.3 is 4.42 Å². The predicted molar refractivity (Wildman–Crippen MR) is 87.6 cm³/mol. The highest BCUT2D eigenvalue weighted by molar-refractivity contribution is 5.77. The maximum Gasteiger partial charge on any atom is 0.227 e. The molecule has 3 rings (SSSR count). The van der Waals surface area contributed by atoms with Crippen molar-refractivity contribution in [3.63, 3.8) is 0 Å². The van der Waals surface area contributed by atoms with Crippen molar-refractivity contribution in [3.05, 3.63) is 53.1 Å². The normalized spacial score (nSPS) is 12.0. The van der Waals surface area contributed by atoms with Crippen molar-refractivity contribution in [2.45, 2.75) is 40.0 Å². The average molecular weight is 279 g/mol. The van der Waals surface area contributed by atoms with E-state index in [1.165, 1.54) is 16.7 Å².